The van der Waals surface area contributed by atoms with Crippen LogP contribution in [-0.4, -0.2) is 59.9 Å². The summed E-state index contributed by atoms with van der Waals surface area (Å²) in [5, 5.41) is 12.4. The van der Waals surface area contributed by atoms with Crippen LogP contribution in [0.15, 0.2) is 18.2 Å². The molecular formula is C13H16ClN3O3. The van der Waals surface area contributed by atoms with Crippen LogP contribution in [0.3, 0.4) is 0 Å². The van der Waals surface area contributed by atoms with E-state index < -0.39 is 11.8 Å². The normalized spacial score (nSPS) is 16.0. The number of likely N-dealkylation sites (N-methyl/N-ethyl adjacent to an activating group) is 1. The molecule has 0 aromatic heterocycles. The summed E-state index contributed by atoms with van der Waals surface area (Å²) in [6.07, 6.45) is 0. The van der Waals surface area contributed by atoms with Gasteiger partial charge >= 0.3 is 11.8 Å². The maximum Gasteiger partial charge on any atom is 0.314 e. The largest absolute Gasteiger partial charge is 0.506 e. The van der Waals surface area contributed by atoms with Gasteiger partial charge in [0.15, 0.2) is 0 Å². The molecule has 1 aliphatic heterocycles. The lowest BCUT2D eigenvalue weighted by Gasteiger charge is -2.31. The van der Waals surface area contributed by atoms with E-state index in [4.69, 9.17) is 11.6 Å². The zero-order valence-corrected chi connectivity index (χ0v) is 11.9. The number of carbonyl (C=O) groups excluding carboxylic acids is 2. The van der Waals surface area contributed by atoms with Crippen molar-refractivity contribution in [1.82, 2.24) is 9.80 Å². The van der Waals surface area contributed by atoms with Crippen molar-refractivity contribution in [2.45, 2.75) is 0 Å². The minimum atomic E-state index is -0.771. The van der Waals surface area contributed by atoms with E-state index in [1.165, 1.54) is 23.1 Å². The lowest BCUT2D eigenvalue weighted by Crippen LogP contribution is -2.50. The zero-order valence-electron chi connectivity index (χ0n) is 11.1. The molecule has 1 heterocycles. The summed E-state index contributed by atoms with van der Waals surface area (Å²) >= 11 is 5.78. The molecule has 2 rings (SSSR count). The van der Waals surface area contributed by atoms with Crippen molar-refractivity contribution in [3.63, 3.8) is 0 Å². The van der Waals surface area contributed by atoms with Gasteiger partial charge in [0, 0.05) is 31.2 Å². The van der Waals surface area contributed by atoms with Gasteiger partial charge in [-0.1, -0.05) is 11.6 Å². The van der Waals surface area contributed by atoms with Gasteiger partial charge < -0.3 is 20.2 Å². The molecule has 1 aromatic rings. The third-order valence-corrected chi connectivity index (χ3v) is 3.43. The Bertz CT molecular complexity index is 528. The Morgan fingerprint density at radius 3 is 2.55 bits per heavy atom. The molecule has 1 aliphatic rings. The van der Waals surface area contributed by atoms with Gasteiger partial charge in [0.25, 0.3) is 0 Å². The first-order valence-corrected chi connectivity index (χ1v) is 6.62. The van der Waals surface area contributed by atoms with Crippen molar-refractivity contribution < 1.29 is 14.7 Å². The summed E-state index contributed by atoms with van der Waals surface area (Å²) in [4.78, 5) is 27.5. The van der Waals surface area contributed by atoms with Crippen LogP contribution in [0.1, 0.15) is 0 Å². The molecule has 0 radical (unpaired) electrons. The van der Waals surface area contributed by atoms with E-state index in [2.05, 4.69) is 10.2 Å². The molecule has 1 fully saturated rings. The molecule has 0 unspecified atom stereocenters. The van der Waals surface area contributed by atoms with Crippen LogP contribution in [0.25, 0.3) is 0 Å². The second-order valence-electron chi connectivity index (χ2n) is 4.71. The summed E-state index contributed by atoms with van der Waals surface area (Å²) in [5.41, 5.74) is 0.130. The molecule has 7 heteroatoms. The number of hydrogen-bond donors (Lipinski definition) is 2. The lowest BCUT2D eigenvalue weighted by atomic mass is 10.2. The molecule has 1 aromatic carbocycles. The number of nitrogens with zero attached hydrogens (tertiary/aromatic N) is 2. The lowest BCUT2D eigenvalue weighted by molar-refractivity contribution is -0.144. The molecule has 2 N–H and O–H groups in total. The topological polar surface area (TPSA) is 72.9 Å². The number of halogens is 1. The fourth-order valence-electron chi connectivity index (χ4n) is 1.94. The van der Waals surface area contributed by atoms with Crippen molar-refractivity contribution in [3.05, 3.63) is 23.2 Å². The van der Waals surface area contributed by atoms with E-state index in [0.717, 1.165) is 13.1 Å². The summed E-state index contributed by atoms with van der Waals surface area (Å²) in [6, 6.07) is 4.25. The number of piperazine rings is 1. The molecular weight excluding hydrogens is 282 g/mol. The number of anilines is 1. The number of hydrogen-bond acceptors (Lipinski definition) is 4. The van der Waals surface area contributed by atoms with E-state index in [1.807, 2.05) is 7.05 Å². The van der Waals surface area contributed by atoms with E-state index in [0.29, 0.717) is 18.1 Å². The van der Waals surface area contributed by atoms with Crippen LogP contribution in [0.5, 0.6) is 5.75 Å². The Hall–Kier alpha value is -1.79. The highest BCUT2D eigenvalue weighted by molar-refractivity contribution is 6.40. The van der Waals surface area contributed by atoms with Crippen LogP contribution in [-0.2, 0) is 9.59 Å². The monoisotopic (exact) mass is 297 g/mol. The number of amides is 2. The fraction of sp³-hybridized carbons (Fsp3) is 0.385. The molecule has 1 saturated heterocycles. The summed E-state index contributed by atoms with van der Waals surface area (Å²) in [6.45, 7) is 2.51. The first-order chi connectivity index (χ1) is 9.47. The SMILES string of the molecule is CN1CCN(C(=O)C(=O)Nc2cc(Cl)ccc2O)CC1. The number of phenolic OH excluding ortho intramolecular Hbond substituents is 1. The van der Waals surface area contributed by atoms with Gasteiger partial charge in [-0.2, -0.15) is 0 Å². The number of phenols is 1. The van der Waals surface area contributed by atoms with E-state index in [9.17, 15) is 14.7 Å². The smallest absolute Gasteiger partial charge is 0.314 e. The standard InChI is InChI=1S/C13H16ClN3O3/c1-16-4-6-17(7-5-16)13(20)12(19)15-10-8-9(14)2-3-11(10)18/h2-3,8,18H,4-7H2,1H3,(H,15,19). The highest BCUT2D eigenvalue weighted by Gasteiger charge is 2.25. The minimum Gasteiger partial charge on any atom is -0.506 e. The third-order valence-electron chi connectivity index (χ3n) is 3.19. The Labute approximate surface area is 121 Å². The van der Waals surface area contributed by atoms with Crippen molar-refractivity contribution >= 4 is 29.1 Å². The Morgan fingerprint density at radius 1 is 1.25 bits per heavy atom. The maximum absolute atomic E-state index is 12.0. The molecule has 0 spiro atoms. The second-order valence-corrected chi connectivity index (χ2v) is 5.15. The first kappa shape index (κ1) is 14.6. The summed E-state index contributed by atoms with van der Waals surface area (Å²) in [7, 11) is 1.96. The molecule has 2 amide bonds. The summed E-state index contributed by atoms with van der Waals surface area (Å²) < 4.78 is 0. The Kier molecular flexibility index (Phi) is 4.46. The molecule has 0 aliphatic carbocycles. The van der Waals surface area contributed by atoms with Crippen LogP contribution in [0.4, 0.5) is 5.69 Å². The number of benzene rings is 1. The van der Waals surface area contributed by atoms with Gasteiger partial charge in [0.2, 0.25) is 0 Å². The van der Waals surface area contributed by atoms with Crippen molar-refractivity contribution in [3.8, 4) is 5.75 Å². The van der Waals surface area contributed by atoms with Crippen LogP contribution < -0.4 is 5.32 Å². The molecule has 20 heavy (non-hydrogen) atoms. The molecule has 0 atom stereocenters. The van der Waals surface area contributed by atoms with Gasteiger partial charge in [-0.05, 0) is 25.2 Å². The highest BCUT2D eigenvalue weighted by atomic mass is 35.5. The Balaban J connectivity index is 2.01. The predicted molar refractivity (Wildman–Crippen MR) is 75.8 cm³/mol. The first-order valence-electron chi connectivity index (χ1n) is 6.24. The third kappa shape index (κ3) is 3.40. The van der Waals surface area contributed by atoms with Crippen molar-refractivity contribution in [2.24, 2.45) is 0 Å². The molecule has 0 saturated carbocycles. The van der Waals surface area contributed by atoms with E-state index in [-0.39, 0.29) is 11.4 Å². The highest BCUT2D eigenvalue weighted by Crippen LogP contribution is 2.26. The number of aromatic hydroxyl groups is 1. The maximum atomic E-state index is 12.0. The van der Waals surface area contributed by atoms with Gasteiger partial charge in [-0.25, -0.2) is 0 Å². The van der Waals surface area contributed by atoms with Gasteiger partial charge in [0.05, 0.1) is 5.69 Å². The summed E-state index contributed by atoms with van der Waals surface area (Å²) in [5.74, 6) is -1.50. The van der Waals surface area contributed by atoms with E-state index >= 15 is 0 Å². The zero-order chi connectivity index (χ0) is 14.7. The van der Waals surface area contributed by atoms with Gasteiger partial charge in [-0.15, -0.1) is 0 Å². The quantitative estimate of drug-likeness (QED) is 0.593. The second kappa shape index (κ2) is 6.11. The van der Waals surface area contributed by atoms with Crippen molar-refractivity contribution in [1.29, 1.82) is 0 Å². The average Bonchev–Trinajstić information content (AvgIpc) is 2.43. The minimum absolute atomic E-state index is 0.130. The number of nitrogens with one attached hydrogen (secondary N) is 1. The van der Waals surface area contributed by atoms with Crippen molar-refractivity contribution in [2.75, 3.05) is 38.5 Å². The molecule has 6 nitrogen and oxygen atoms in total. The number of carbonyl (C=O) groups is 2. The molecule has 0 bridgehead atoms. The average molecular weight is 298 g/mol. The van der Waals surface area contributed by atoms with Gasteiger partial charge in [-0.3, -0.25) is 9.59 Å². The van der Waals surface area contributed by atoms with Gasteiger partial charge in [0.1, 0.15) is 5.75 Å². The number of rotatable bonds is 1. The fourth-order valence-corrected chi connectivity index (χ4v) is 2.11. The van der Waals surface area contributed by atoms with Crippen LogP contribution in [0.2, 0.25) is 5.02 Å². The van der Waals surface area contributed by atoms with E-state index in [1.54, 1.807) is 0 Å². The Morgan fingerprint density at radius 2 is 1.90 bits per heavy atom. The predicted octanol–water partition coefficient (Wildman–Crippen LogP) is 0.758. The van der Waals surface area contributed by atoms with Crippen LogP contribution in [0, 0.1) is 0 Å². The molecule has 108 valence electrons. The van der Waals surface area contributed by atoms with Crippen LogP contribution >= 0.6 is 11.6 Å².